The molecule has 50 heavy (non-hydrogen) atoms. The highest BCUT2D eigenvalue weighted by molar-refractivity contribution is 7.09. The minimum atomic E-state index is -1.50. The number of nitrogens with one attached hydrogen (secondary N) is 1. The first-order chi connectivity index (χ1) is 23.4. The molecule has 5 rings (SSSR count). The molecule has 0 spiro atoms. The fraction of sp³-hybridized carbons (Fsp3) is 0.316. The van der Waals surface area contributed by atoms with Gasteiger partial charge in [-0.3, -0.25) is 24.5 Å². The fourth-order valence-corrected chi connectivity index (χ4v) is 6.10. The van der Waals surface area contributed by atoms with Gasteiger partial charge in [-0.15, -0.1) is 0 Å². The van der Waals surface area contributed by atoms with Crippen LogP contribution in [0.5, 0.6) is 28.9 Å². The van der Waals surface area contributed by atoms with Gasteiger partial charge in [0.05, 0.1) is 10.6 Å². The first-order valence-corrected chi connectivity index (χ1v) is 16.8. The number of aromatic nitrogens is 1. The largest absolute Gasteiger partial charge is 0.508 e. The van der Waals surface area contributed by atoms with Crippen LogP contribution in [0.4, 0.5) is 10.5 Å². The van der Waals surface area contributed by atoms with Crippen LogP contribution in [0.15, 0.2) is 82.6 Å². The molecule has 2 heterocycles. The number of thiazole rings is 1. The van der Waals surface area contributed by atoms with Crippen LogP contribution in [0.2, 0.25) is 0 Å². The molecular weight excluding hydrogens is 658 g/mol. The molecule has 0 bridgehead atoms. The molecule has 1 aliphatic heterocycles. The number of anilines is 1. The Balaban J connectivity index is 1.47. The van der Waals surface area contributed by atoms with Gasteiger partial charge in [-0.2, -0.15) is 0 Å². The van der Waals surface area contributed by atoms with Gasteiger partial charge in [0.2, 0.25) is 11.7 Å². The van der Waals surface area contributed by atoms with Gasteiger partial charge in [-0.05, 0) is 86.4 Å². The summed E-state index contributed by atoms with van der Waals surface area (Å²) >= 11 is 0.945. The van der Waals surface area contributed by atoms with E-state index in [1.54, 1.807) is 101 Å². The van der Waals surface area contributed by atoms with E-state index < -0.39 is 22.6 Å². The van der Waals surface area contributed by atoms with Gasteiger partial charge in [-0.1, -0.05) is 44.2 Å². The first-order valence-electron chi connectivity index (χ1n) is 16.0. The number of allylic oxidation sites excluding steroid dienone is 1. The number of amides is 1. The smallest absolute Gasteiger partial charge is 0.414 e. The van der Waals surface area contributed by atoms with E-state index in [0.717, 1.165) is 22.5 Å². The molecule has 4 aromatic rings. The average Bonchev–Trinajstić information content (AvgIpc) is 3.66. The number of benzene rings is 3. The second kappa shape index (κ2) is 13.9. The van der Waals surface area contributed by atoms with Gasteiger partial charge >= 0.3 is 11.0 Å². The molecule has 262 valence electrons. The van der Waals surface area contributed by atoms with Gasteiger partial charge in [0.15, 0.2) is 5.54 Å². The maximum absolute atomic E-state index is 14.1. The number of ether oxygens (including phenoxy) is 3. The Bertz CT molecular complexity index is 2000. The SMILES string of the molecule is CN(C(=O)OC(C)(C)C)c1ccc(C2(C(=O)COc3ccc(Cc4sc(=O)[nH]c4O)cc3)C=CC=N2)c(Oc2ccc(O)cc2C(C)(C)C)c1. The Hall–Kier alpha value is -5.36. The van der Waals surface area contributed by atoms with Crippen molar-refractivity contribution in [3.63, 3.8) is 0 Å². The highest BCUT2D eigenvalue weighted by Gasteiger charge is 2.42. The molecule has 1 aliphatic rings. The topological polar surface area (TPSA) is 151 Å². The maximum Gasteiger partial charge on any atom is 0.414 e. The number of hydrogen-bond acceptors (Lipinski definition) is 10. The van der Waals surface area contributed by atoms with E-state index in [4.69, 9.17) is 14.2 Å². The lowest BCUT2D eigenvalue weighted by molar-refractivity contribution is -0.124. The summed E-state index contributed by atoms with van der Waals surface area (Å²) in [6.07, 6.45) is 4.70. The number of carbonyl (C=O) groups is 2. The molecule has 12 heteroatoms. The minimum absolute atomic E-state index is 0.0841. The van der Waals surface area contributed by atoms with Crippen LogP contribution in [-0.4, -0.2) is 52.5 Å². The second-order valence-electron chi connectivity index (χ2n) is 14.0. The van der Waals surface area contributed by atoms with E-state index in [9.17, 15) is 24.6 Å². The summed E-state index contributed by atoms with van der Waals surface area (Å²) in [6, 6.07) is 16.9. The van der Waals surface area contributed by atoms with Crippen molar-refractivity contribution in [1.82, 2.24) is 4.98 Å². The van der Waals surface area contributed by atoms with Gasteiger partial charge < -0.3 is 24.4 Å². The predicted molar refractivity (Wildman–Crippen MR) is 194 cm³/mol. The number of aliphatic imine (C=N–C) groups is 1. The lowest BCUT2D eigenvalue weighted by Crippen LogP contribution is -2.36. The minimum Gasteiger partial charge on any atom is -0.508 e. The number of hydrogen-bond donors (Lipinski definition) is 3. The number of phenols is 1. The summed E-state index contributed by atoms with van der Waals surface area (Å²) < 4.78 is 18.1. The van der Waals surface area contributed by atoms with Crippen LogP contribution < -0.4 is 19.2 Å². The van der Waals surface area contributed by atoms with Crippen LogP contribution in [0.25, 0.3) is 0 Å². The van der Waals surface area contributed by atoms with Crippen molar-refractivity contribution in [2.24, 2.45) is 4.99 Å². The molecule has 0 saturated heterocycles. The molecule has 1 unspecified atom stereocenters. The Morgan fingerprint density at radius 2 is 1.68 bits per heavy atom. The van der Waals surface area contributed by atoms with Crippen LogP contribution >= 0.6 is 11.3 Å². The molecular formula is C38H41N3O8S. The Morgan fingerprint density at radius 3 is 2.28 bits per heavy atom. The van der Waals surface area contributed by atoms with Gasteiger partial charge in [0, 0.05) is 36.9 Å². The Kier molecular flexibility index (Phi) is 9.97. The lowest BCUT2D eigenvalue weighted by Gasteiger charge is -2.29. The van der Waals surface area contributed by atoms with E-state index >= 15 is 0 Å². The van der Waals surface area contributed by atoms with Crippen LogP contribution in [0.1, 0.15) is 63.1 Å². The number of aromatic amines is 1. The zero-order valence-corrected chi connectivity index (χ0v) is 29.9. The van der Waals surface area contributed by atoms with Crippen molar-refractivity contribution in [2.45, 2.75) is 64.5 Å². The molecule has 1 amide bonds. The molecule has 0 aliphatic carbocycles. The summed E-state index contributed by atoms with van der Waals surface area (Å²) in [5, 5.41) is 20.2. The quantitative estimate of drug-likeness (QED) is 0.155. The Labute approximate surface area is 294 Å². The van der Waals surface area contributed by atoms with Crippen LogP contribution in [-0.2, 0) is 26.9 Å². The first kappa shape index (κ1) is 35.9. The number of aromatic hydroxyl groups is 2. The number of ketones is 1. The standard InChI is InChI=1S/C38H41N3O8S/c1-36(2,3)28-21-25(42)12-16-29(28)48-30-20-24(41(7)35(46)49-37(4,5)6)11-15-27(30)38(17-8-18-39-38)32(43)22-47-26-13-9-23(10-14-26)19-31-33(44)40-34(45)50-31/h8-18,20-21,42,44H,19,22H2,1-7H3,(H,40,45). The van der Waals surface area contributed by atoms with Gasteiger partial charge in [0.1, 0.15) is 35.2 Å². The van der Waals surface area contributed by atoms with Crippen molar-refractivity contribution in [1.29, 1.82) is 0 Å². The third-order valence-corrected chi connectivity index (χ3v) is 8.78. The molecule has 1 atom stereocenters. The number of Topliss-reactive ketones (excluding diaryl/α,β-unsaturated/α-hetero) is 1. The van der Waals surface area contributed by atoms with E-state index in [1.165, 1.54) is 11.0 Å². The summed E-state index contributed by atoms with van der Waals surface area (Å²) in [4.78, 5) is 47.2. The molecule has 0 saturated carbocycles. The zero-order valence-electron chi connectivity index (χ0n) is 29.1. The predicted octanol–water partition coefficient (Wildman–Crippen LogP) is 7.38. The van der Waals surface area contributed by atoms with Gasteiger partial charge in [-0.25, -0.2) is 4.79 Å². The molecule has 3 aromatic carbocycles. The number of nitrogens with zero attached hydrogens (tertiary/aromatic N) is 2. The monoisotopic (exact) mass is 699 g/mol. The summed E-state index contributed by atoms with van der Waals surface area (Å²) in [5.41, 5.74) is -0.177. The van der Waals surface area contributed by atoms with E-state index in [0.29, 0.717) is 34.0 Å². The van der Waals surface area contributed by atoms with E-state index in [-0.39, 0.29) is 34.6 Å². The maximum atomic E-state index is 14.1. The zero-order chi connectivity index (χ0) is 36.4. The number of rotatable bonds is 10. The number of phenolic OH excluding ortho intramolecular Hbond substituents is 1. The molecule has 3 N–H and O–H groups in total. The normalized spacial score (nSPS) is 15.6. The van der Waals surface area contributed by atoms with Gasteiger partial charge in [0.25, 0.3) is 0 Å². The van der Waals surface area contributed by atoms with Crippen molar-refractivity contribution in [3.8, 4) is 28.9 Å². The van der Waals surface area contributed by atoms with Crippen molar-refractivity contribution < 1.29 is 34.0 Å². The molecule has 11 nitrogen and oxygen atoms in total. The summed E-state index contributed by atoms with van der Waals surface area (Å²) in [7, 11) is 1.59. The summed E-state index contributed by atoms with van der Waals surface area (Å²) in [5.74, 6) is 0.743. The van der Waals surface area contributed by atoms with Crippen molar-refractivity contribution >= 4 is 35.1 Å². The molecule has 0 radical (unpaired) electrons. The fourth-order valence-electron chi connectivity index (χ4n) is 5.35. The average molecular weight is 700 g/mol. The van der Waals surface area contributed by atoms with E-state index in [2.05, 4.69) is 9.98 Å². The van der Waals surface area contributed by atoms with E-state index in [1.807, 2.05) is 20.8 Å². The summed E-state index contributed by atoms with van der Waals surface area (Å²) in [6.45, 7) is 11.0. The van der Waals surface area contributed by atoms with Crippen molar-refractivity contribution in [3.05, 3.63) is 104 Å². The highest BCUT2D eigenvalue weighted by atomic mass is 32.1. The third kappa shape index (κ3) is 8.08. The highest BCUT2D eigenvalue weighted by Crippen LogP contribution is 2.44. The molecule has 1 aromatic heterocycles. The molecule has 0 fully saturated rings. The lowest BCUT2D eigenvalue weighted by atomic mass is 9.85. The Morgan fingerprint density at radius 1 is 0.960 bits per heavy atom. The van der Waals surface area contributed by atoms with Crippen molar-refractivity contribution in [2.75, 3.05) is 18.6 Å². The number of carbonyl (C=O) groups excluding carboxylic acids is 2. The van der Waals surface area contributed by atoms with Crippen LogP contribution in [0.3, 0.4) is 0 Å². The van der Waals surface area contributed by atoms with Crippen LogP contribution in [0, 0.1) is 0 Å². The second-order valence-corrected chi connectivity index (χ2v) is 15.0. The third-order valence-electron chi connectivity index (χ3n) is 7.91. The number of H-pyrrole nitrogens is 1.